The maximum atomic E-state index is 12.8. The standard InChI is InChI=1S/C15H19NO3S2/c17-14(13-8-10-9-20-7-5-12(10)21-13)16-6-3-1-2-4-11(16)15(18)19/h8,11H,1-7,9H2,(H,18,19). The summed E-state index contributed by atoms with van der Waals surface area (Å²) in [5.41, 5.74) is 1.27. The van der Waals surface area contributed by atoms with Crippen molar-refractivity contribution in [1.29, 1.82) is 0 Å². The minimum atomic E-state index is -0.873. The number of hydrogen-bond donors (Lipinski definition) is 1. The molecule has 0 radical (unpaired) electrons. The SMILES string of the molecule is O=C(O)C1CCCCCN1C(=O)c1cc2c(s1)CCSC2. The zero-order valence-corrected chi connectivity index (χ0v) is 13.5. The number of fused-ring (bicyclic) bond motifs is 1. The van der Waals surface area contributed by atoms with Gasteiger partial charge in [0.2, 0.25) is 0 Å². The van der Waals surface area contributed by atoms with Gasteiger partial charge in [0.25, 0.3) is 5.91 Å². The molecule has 21 heavy (non-hydrogen) atoms. The van der Waals surface area contributed by atoms with E-state index in [-0.39, 0.29) is 5.91 Å². The van der Waals surface area contributed by atoms with Gasteiger partial charge in [-0.2, -0.15) is 11.8 Å². The fourth-order valence-electron chi connectivity index (χ4n) is 3.00. The zero-order valence-electron chi connectivity index (χ0n) is 11.8. The van der Waals surface area contributed by atoms with Crippen LogP contribution >= 0.6 is 23.1 Å². The molecular formula is C15H19NO3S2. The largest absolute Gasteiger partial charge is 0.480 e. The van der Waals surface area contributed by atoms with Gasteiger partial charge >= 0.3 is 5.97 Å². The molecule has 1 aromatic rings. The van der Waals surface area contributed by atoms with E-state index in [0.29, 0.717) is 13.0 Å². The number of thiophene rings is 1. The number of nitrogens with zero attached hydrogens (tertiary/aromatic N) is 1. The van der Waals surface area contributed by atoms with Crippen LogP contribution in [0.25, 0.3) is 0 Å². The van der Waals surface area contributed by atoms with Crippen LogP contribution < -0.4 is 0 Å². The van der Waals surface area contributed by atoms with Crippen LogP contribution in [0, 0.1) is 0 Å². The average Bonchev–Trinajstić information content (AvgIpc) is 2.75. The molecule has 0 aliphatic carbocycles. The highest BCUT2D eigenvalue weighted by atomic mass is 32.2. The molecule has 114 valence electrons. The fourth-order valence-corrected chi connectivity index (χ4v) is 5.33. The molecule has 1 atom stereocenters. The molecule has 0 aromatic carbocycles. The van der Waals surface area contributed by atoms with Gasteiger partial charge < -0.3 is 10.0 Å². The summed E-state index contributed by atoms with van der Waals surface area (Å²) in [7, 11) is 0. The van der Waals surface area contributed by atoms with Gasteiger partial charge in [-0.25, -0.2) is 4.79 Å². The van der Waals surface area contributed by atoms with Crippen LogP contribution in [-0.2, 0) is 17.0 Å². The first-order chi connectivity index (χ1) is 10.2. The number of thioether (sulfide) groups is 1. The molecule has 2 aliphatic heterocycles. The van der Waals surface area contributed by atoms with E-state index in [2.05, 4.69) is 0 Å². The highest BCUT2D eigenvalue weighted by Crippen LogP contribution is 2.33. The van der Waals surface area contributed by atoms with Crippen molar-refractivity contribution in [3.63, 3.8) is 0 Å². The first-order valence-corrected chi connectivity index (χ1v) is 9.37. The highest BCUT2D eigenvalue weighted by Gasteiger charge is 2.32. The van der Waals surface area contributed by atoms with Crippen LogP contribution in [0.3, 0.4) is 0 Å². The maximum absolute atomic E-state index is 12.8. The number of carbonyl (C=O) groups is 2. The monoisotopic (exact) mass is 325 g/mol. The van der Waals surface area contributed by atoms with Crippen molar-refractivity contribution in [2.45, 2.75) is 43.9 Å². The second kappa shape index (κ2) is 6.40. The minimum Gasteiger partial charge on any atom is -0.480 e. The van der Waals surface area contributed by atoms with E-state index in [1.807, 2.05) is 17.8 Å². The van der Waals surface area contributed by atoms with Crippen molar-refractivity contribution in [2.24, 2.45) is 0 Å². The minimum absolute atomic E-state index is 0.0892. The molecule has 1 amide bonds. The molecule has 0 spiro atoms. The van der Waals surface area contributed by atoms with Crippen LogP contribution in [0.1, 0.15) is 45.8 Å². The smallest absolute Gasteiger partial charge is 0.326 e. The summed E-state index contributed by atoms with van der Waals surface area (Å²) in [6, 6.07) is 1.33. The molecule has 1 fully saturated rings. The Kier molecular flexibility index (Phi) is 4.54. The first kappa shape index (κ1) is 14.9. The Morgan fingerprint density at radius 1 is 1.29 bits per heavy atom. The van der Waals surface area contributed by atoms with Crippen LogP contribution in [0.5, 0.6) is 0 Å². The lowest BCUT2D eigenvalue weighted by molar-refractivity contribution is -0.142. The number of carboxylic acids is 1. The number of aryl methyl sites for hydroxylation is 1. The Morgan fingerprint density at radius 3 is 2.90 bits per heavy atom. The van der Waals surface area contributed by atoms with E-state index in [9.17, 15) is 14.7 Å². The van der Waals surface area contributed by atoms with Crippen LogP contribution in [0.4, 0.5) is 0 Å². The number of carbonyl (C=O) groups excluding carboxylic acids is 1. The van der Waals surface area contributed by atoms with Crippen molar-refractivity contribution < 1.29 is 14.7 Å². The Labute approximate surface area is 132 Å². The summed E-state index contributed by atoms with van der Waals surface area (Å²) in [5, 5.41) is 9.40. The van der Waals surface area contributed by atoms with Gasteiger partial charge in [0.15, 0.2) is 0 Å². The molecule has 2 aliphatic rings. The topological polar surface area (TPSA) is 57.6 Å². The van der Waals surface area contributed by atoms with Gasteiger partial charge in [0.1, 0.15) is 6.04 Å². The average molecular weight is 325 g/mol. The van der Waals surface area contributed by atoms with Gasteiger partial charge in [-0.3, -0.25) is 4.79 Å². The van der Waals surface area contributed by atoms with E-state index in [0.717, 1.165) is 42.1 Å². The second-order valence-electron chi connectivity index (χ2n) is 5.56. The fraction of sp³-hybridized carbons (Fsp3) is 0.600. The molecule has 1 N–H and O–H groups in total. The third-order valence-corrected chi connectivity index (χ3v) is 6.37. The van der Waals surface area contributed by atoms with Crippen molar-refractivity contribution in [3.8, 4) is 0 Å². The van der Waals surface area contributed by atoms with Gasteiger partial charge in [-0.05, 0) is 36.6 Å². The molecule has 3 heterocycles. The van der Waals surface area contributed by atoms with Crippen molar-refractivity contribution in [2.75, 3.05) is 12.3 Å². The summed E-state index contributed by atoms with van der Waals surface area (Å²) in [6.07, 6.45) is 4.39. The summed E-state index contributed by atoms with van der Waals surface area (Å²) in [4.78, 5) is 27.8. The third kappa shape index (κ3) is 3.11. The predicted molar refractivity (Wildman–Crippen MR) is 85.1 cm³/mol. The number of hydrogen-bond acceptors (Lipinski definition) is 4. The molecule has 4 nitrogen and oxygen atoms in total. The molecule has 1 aromatic heterocycles. The lowest BCUT2D eigenvalue weighted by Crippen LogP contribution is -2.44. The number of likely N-dealkylation sites (tertiary alicyclic amines) is 1. The molecule has 3 rings (SSSR count). The lowest BCUT2D eigenvalue weighted by atomic mass is 10.1. The Bertz CT molecular complexity index is 532. The number of carboxylic acid groups (broad SMARTS) is 1. The first-order valence-electron chi connectivity index (χ1n) is 7.40. The van der Waals surface area contributed by atoms with E-state index in [4.69, 9.17) is 0 Å². The van der Waals surface area contributed by atoms with E-state index in [1.54, 1.807) is 16.2 Å². The van der Waals surface area contributed by atoms with E-state index < -0.39 is 12.0 Å². The lowest BCUT2D eigenvalue weighted by Gasteiger charge is -2.26. The van der Waals surface area contributed by atoms with Gasteiger partial charge in [-0.15, -0.1) is 11.3 Å². The van der Waals surface area contributed by atoms with Crippen molar-refractivity contribution in [1.82, 2.24) is 4.90 Å². The molecule has 1 unspecified atom stereocenters. The number of amides is 1. The van der Waals surface area contributed by atoms with E-state index in [1.165, 1.54) is 10.4 Å². The second-order valence-corrected chi connectivity index (χ2v) is 7.81. The Hall–Kier alpha value is -1.01. The number of rotatable bonds is 2. The summed E-state index contributed by atoms with van der Waals surface area (Å²) >= 11 is 3.45. The predicted octanol–water partition coefficient (Wildman–Crippen LogP) is 3.01. The normalized spacial score (nSPS) is 22.5. The summed E-state index contributed by atoms with van der Waals surface area (Å²) in [6.45, 7) is 0.563. The summed E-state index contributed by atoms with van der Waals surface area (Å²) in [5.74, 6) is 1.13. The molecule has 0 bridgehead atoms. The zero-order chi connectivity index (χ0) is 14.8. The van der Waals surface area contributed by atoms with E-state index >= 15 is 0 Å². The van der Waals surface area contributed by atoms with Gasteiger partial charge in [-0.1, -0.05) is 12.8 Å². The van der Waals surface area contributed by atoms with Crippen LogP contribution in [-0.4, -0.2) is 40.2 Å². The molecule has 1 saturated heterocycles. The van der Waals surface area contributed by atoms with Crippen molar-refractivity contribution in [3.05, 3.63) is 21.4 Å². The Balaban J connectivity index is 1.84. The van der Waals surface area contributed by atoms with Crippen LogP contribution in [0.2, 0.25) is 0 Å². The molecular weight excluding hydrogens is 306 g/mol. The third-order valence-electron chi connectivity index (χ3n) is 4.14. The Morgan fingerprint density at radius 2 is 2.14 bits per heavy atom. The van der Waals surface area contributed by atoms with Crippen molar-refractivity contribution >= 4 is 35.0 Å². The molecule has 0 saturated carbocycles. The summed E-state index contributed by atoms with van der Waals surface area (Å²) < 4.78 is 0. The quantitative estimate of drug-likeness (QED) is 0.908. The number of aliphatic carboxylic acids is 1. The van der Waals surface area contributed by atoms with Gasteiger partial charge in [0, 0.05) is 17.2 Å². The maximum Gasteiger partial charge on any atom is 0.326 e. The highest BCUT2D eigenvalue weighted by molar-refractivity contribution is 7.98. The molecule has 6 heteroatoms. The van der Waals surface area contributed by atoms with Gasteiger partial charge in [0.05, 0.1) is 4.88 Å². The van der Waals surface area contributed by atoms with Crippen LogP contribution in [0.15, 0.2) is 6.07 Å².